The standard InChI is InChI=1S/C23H22N6O/c1-12(30)27-15-3-4-16-17(9-15)23(13-2-6-20-14(8-13)11-26-29-20)28-21-7-5-19(25)18(10-24)22(16)21/h2,5-8,10-11,15,24H,3-4,9,25H2,1H3,(H,26,29)(H,27,30). The Balaban J connectivity index is 1.78. The highest BCUT2D eigenvalue weighted by atomic mass is 16.1. The van der Waals surface area contributed by atoms with E-state index < -0.39 is 0 Å². The van der Waals surface area contributed by atoms with Crippen LogP contribution in [0.25, 0.3) is 33.1 Å². The van der Waals surface area contributed by atoms with Gasteiger partial charge in [-0.15, -0.1) is 0 Å². The second-order valence-electron chi connectivity index (χ2n) is 7.84. The number of nitrogens with one attached hydrogen (secondary N) is 3. The Kier molecular flexibility index (Phi) is 4.24. The van der Waals surface area contributed by atoms with E-state index in [-0.39, 0.29) is 11.9 Å². The van der Waals surface area contributed by atoms with E-state index in [1.807, 2.05) is 24.3 Å². The third-order valence-electron chi connectivity index (χ3n) is 5.90. The molecule has 1 amide bonds. The lowest BCUT2D eigenvalue weighted by molar-refractivity contribution is -0.119. The number of aromatic amines is 1. The Morgan fingerprint density at radius 1 is 1.30 bits per heavy atom. The highest BCUT2D eigenvalue weighted by Gasteiger charge is 2.26. The molecule has 0 saturated carbocycles. The van der Waals surface area contributed by atoms with E-state index in [0.717, 1.165) is 51.5 Å². The van der Waals surface area contributed by atoms with E-state index in [2.05, 4.69) is 21.6 Å². The van der Waals surface area contributed by atoms with Gasteiger partial charge in [0.1, 0.15) is 0 Å². The van der Waals surface area contributed by atoms with Crippen LogP contribution in [0.1, 0.15) is 30.0 Å². The smallest absolute Gasteiger partial charge is 0.217 e. The van der Waals surface area contributed by atoms with Gasteiger partial charge in [0.2, 0.25) is 5.91 Å². The summed E-state index contributed by atoms with van der Waals surface area (Å²) in [6.45, 7) is 1.55. The first-order valence-electron chi connectivity index (χ1n) is 10.00. The van der Waals surface area contributed by atoms with Crippen molar-refractivity contribution < 1.29 is 4.79 Å². The average molecular weight is 398 g/mol. The monoisotopic (exact) mass is 398 g/mol. The molecule has 2 aromatic carbocycles. The molecule has 30 heavy (non-hydrogen) atoms. The van der Waals surface area contributed by atoms with Gasteiger partial charge in [-0.25, -0.2) is 4.98 Å². The molecule has 0 bridgehead atoms. The highest BCUT2D eigenvalue weighted by molar-refractivity contribution is 6.05. The maximum atomic E-state index is 11.7. The first-order chi connectivity index (χ1) is 14.5. The van der Waals surface area contributed by atoms with Gasteiger partial charge in [0.25, 0.3) is 0 Å². The number of aromatic nitrogens is 3. The fourth-order valence-corrected chi connectivity index (χ4v) is 4.57. The van der Waals surface area contributed by atoms with Crippen molar-refractivity contribution in [3.63, 3.8) is 0 Å². The maximum absolute atomic E-state index is 11.7. The zero-order valence-corrected chi connectivity index (χ0v) is 16.6. The van der Waals surface area contributed by atoms with Crippen LogP contribution in [0.2, 0.25) is 0 Å². The van der Waals surface area contributed by atoms with E-state index in [0.29, 0.717) is 17.7 Å². The van der Waals surface area contributed by atoms with Gasteiger partial charge in [0.15, 0.2) is 0 Å². The SMILES string of the molecule is CC(=O)NC1CCc2c(c(-c3ccc4[nH]ncc4c3)nc3ccc(N)c(C=N)c23)C1. The first-order valence-corrected chi connectivity index (χ1v) is 10.00. The predicted octanol–water partition coefficient (Wildman–Crippen LogP) is 3.35. The number of H-pyrrole nitrogens is 1. The predicted molar refractivity (Wildman–Crippen MR) is 119 cm³/mol. The normalized spacial score (nSPS) is 15.8. The van der Waals surface area contributed by atoms with Gasteiger partial charge >= 0.3 is 0 Å². The van der Waals surface area contributed by atoms with E-state index >= 15 is 0 Å². The number of benzene rings is 2. The van der Waals surface area contributed by atoms with Crippen molar-refractivity contribution in [2.45, 2.75) is 32.2 Å². The number of nitrogens with zero attached hydrogens (tertiary/aromatic N) is 2. The van der Waals surface area contributed by atoms with Crippen molar-refractivity contribution in [2.24, 2.45) is 0 Å². The summed E-state index contributed by atoms with van der Waals surface area (Å²) in [7, 11) is 0. The summed E-state index contributed by atoms with van der Waals surface area (Å²) in [6.07, 6.45) is 5.46. The number of hydrogen-bond acceptors (Lipinski definition) is 5. The Bertz CT molecular complexity index is 1320. The molecule has 2 heterocycles. The topological polar surface area (TPSA) is 121 Å². The Hall–Kier alpha value is -3.74. The van der Waals surface area contributed by atoms with E-state index in [9.17, 15) is 4.79 Å². The number of fused-ring (bicyclic) bond motifs is 4. The molecule has 5 N–H and O–H groups in total. The fraction of sp³-hybridized carbons (Fsp3) is 0.217. The summed E-state index contributed by atoms with van der Waals surface area (Å²) >= 11 is 0. The van der Waals surface area contributed by atoms with Crippen LogP contribution in [0.15, 0.2) is 36.5 Å². The number of pyridine rings is 1. The van der Waals surface area contributed by atoms with Crippen molar-refractivity contribution in [1.82, 2.24) is 20.5 Å². The number of nitrogens with two attached hydrogens (primary N) is 1. The lowest BCUT2D eigenvalue weighted by Crippen LogP contribution is -2.37. The Morgan fingerprint density at radius 3 is 2.97 bits per heavy atom. The number of carbonyl (C=O) groups is 1. The molecule has 150 valence electrons. The second-order valence-corrected chi connectivity index (χ2v) is 7.84. The molecule has 1 aliphatic carbocycles. The molecule has 2 aromatic heterocycles. The van der Waals surface area contributed by atoms with E-state index in [4.69, 9.17) is 16.1 Å². The third-order valence-corrected chi connectivity index (χ3v) is 5.90. The van der Waals surface area contributed by atoms with Crippen LogP contribution in [0.4, 0.5) is 5.69 Å². The van der Waals surface area contributed by atoms with Crippen molar-refractivity contribution in [1.29, 1.82) is 5.41 Å². The van der Waals surface area contributed by atoms with Crippen molar-refractivity contribution in [3.8, 4) is 11.3 Å². The van der Waals surface area contributed by atoms with Gasteiger partial charge in [-0.05, 0) is 54.7 Å². The first kappa shape index (κ1) is 18.3. The maximum Gasteiger partial charge on any atom is 0.217 e. The minimum Gasteiger partial charge on any atom is -0.398 e. The fourth-order valence-electron chi connectivity index (χ4n) is 4.57. The molecule has 1 atom stereocenters. The number of carbonyl (C=O) groups excluding carboxylic acids is 1. The summed E-state index contributed by atoms with van der Waals surface area (Å²) in [4.78, 5) is 16.7. The summed E-state index contributed by atoms with van der Waals surface area (Å²) in [5.74, 6) is -0.0250. The van der Waals surface area contributed by atoms with Crippen LogP contribution in [-0.2, 0) is 17.6 Å². The minimum absolute atomic E-state index is 0.0250. The van der Waals surface area contributed by atoms with Crippen molar-refractivity contribution >= 4 is 39.6 Å². The van der Waals surface area contributed by atoms with Crippen LogP contribution in [0, 0.1) is 5.41 Å². The zero-order chi connectivity index (χ0) is 20.8. The molecule has 4 aromatic rings. The summed E-state index contributed by atoms with van der Waals surface area (Å²) < 4.78 is 0. The second kappa shape index (κ2) is 6.95. The summed E-state index contributed by atoms with van der Waals surface area (Å²) in [5, 5.41) is 20.0. The van der Waals surface area contributed by atoms with E-state index in [1.54, 1.807) is 13.1 Å². The molecule has 0 radical (unpaired) electrons. The molecular weight excluding hydrogens is 376 g/mol. The quantitative estimate of drug-likeness (QED) is 0.312. The van der Waals surface area contributed by atoms with Crippen LogP contribution in [0.3, 0.4) is 0 Å². The molecule has 7 heteroatoms. The molecule has 5 rings (SSSR count). The van der Waals surface area contributed by atoms with Crippen LogP contribution >= 0.6 is 0 Å². The van der Waals surface area contributed by atoms with Crippen LogP contribution < -0.4 is 11.1 Å². The van der Waals surface area contributed by atoms with Crippen molar-refractivity contribution in [3.05, 3.63) is 53.2 Å². The largest absolute Gasteiger partial charge is 0.398 e. The van der Waals surface area contributed by atoms with Gasteiger partial charge in [-0.1, -0.05) is 6.07 Å². The lowest BCUT2D eigenvalue weighted by atomic mass is 9.82. The molecule has 7 nitrogen and oxygen atoms in total. The molecule has 0 spiro atoms. The molecule has 1 unspecified atom stereocenters. The van der Waals surface area contributed by atoms with Gasteiger partial charge in [0.05, 0.1) is 22.9 Å². The van der Waals surface area contributed by atoms with Gasteiger partial charge in [-0.2, -0.15) is 5.10 Å². The molecule has 0 fully saturated rings. The van der Waals surface area contributed by atoms with Gasteiger partial charge in [-0.3, -0.25) is 9.89 Å². The highest BCUT2D eigenvalue weighted by Crippen LogP contribution is 2.38. The van der Waals surface area contributed by atoms with Crippen LogP contribution in [0.5, 0.6) is 0 Å². The molecule has 0 saturated heterocycles. The minimum atomic E-state index is -0.0250. The molecule has 0 aliphatic heterocycles. The Labute approximate surface area is 173 Å². The third kappa shape index (κ3) is 2.90. The zero-order valence-electron chi connectivity index (χ0n) is 16.6. The number of nitrogen functional groups attached to an aromatic ring is 1. The number of aryl methyl sites for hydroxylation is 1. The number of amides is 1. The Morgan fingerprint density at radius 2 is 2.17 bits per heavy atom. The number of hydrogen-bond donors (Lipinski definition) is 4. The van der Waals surface area contributed by atoms with Crippen molar-refractivity contribution in [2.75, 3.05) is 5.73 Å². The number of anilines is 1. The van der Waals surface area contributed by atoms with E-state index in [1.165, 1.54) is 11.8 Å². The van der Waals surface area contributed by atoms with Crippen LogP contribution in [-0.4, -0.2) is 33.3 Å². The summed E-state index contributed by atoms with van der Waals surface area (Å²) in [6, 6.07) is 9.95. The van der Waals surface area contributed by atoms with Gasteiger partial charge < -0.3 is 16.5 Å². The number of rotatable bonds is 3. The lowest BCUT2D eigenvalue weighted by Gasteiger charge is -2.28. The molecule has 1 aliphatic rings. The molecular formula is C23H22N6O. The van der Waals surface area contributed by atoms with Gasteiger partial charge in [0, 0.05) is 46.8 Å². The average Bonchev–Trinajstić information content (AvgIpc) is 3.20. The summed E-state index contributed by atoms with van der Waals surface area (Å²) in [5.41, 5.74) is 13.5.